The van der Waals surface area contributed by atoms with Crippen molar-refractivity contribution in [3.63, 3.8) is 0 Å². The molecule has 0 saturated carbocycles. The highest BCUT2D eigenvalue weighted by molar-refractivity contribution is 5.81. The van der Waals surface area contributed by atoms with Gasteiger partial charge in [-0.05, 0) is 48.9 Å². The van der Waals surface area contributed by atoms with Crippen molar-refractivity contribution in [2.45, 2.75) is 13.1 Å². The maximum atomic E-state index is 13.4. The van der Waals surface area contributed by atoms with E-state index in [1.165, 1.54) is 37.6 Å². The molecule has 2 aromatic carbocycles. The van der Waals surface area contributed by atoms with E-state index < -0.39 is 17.6 Å². The molecule has 9 heteroatoms. The number of aromatic nitrogens is 3. The molecule has 2 heterocycles. The summed E-state index contributed by atoms with van der Waals surface area (Å²) < 4.78 is 64.1. The predicted molar refractivity (Wildman–Crippen MR) is 102 cm³/mol. The first-order chi connectivity index (χ1) is 14.2. The first-order valence-electron chi connectivity index (χ1n) is 8.80. The van der Waals surface area contributed by atoms with Gasteiger partial charge in [0.05, 0.1) is 30.0 Å². The third kappa shape index (κ3) is 3.78. The molecule has 0 aliphatic carbocycles. The number of imidazole rings is 1. The molecule has 0 aliphatic rings. The summed E-state index contributed by atoms with van der Waals surface area (Å²) >= 11 is 0. The Kier molecular flexibility index (Phi) is 4.81. The molecule has 0 aliphatic heterocycles. The molecular weight excluding hydrogens is 402 g/mol. The molecule has 0 amide bonds. The lowest BCUT2D eigenvalue weighted by Crippen LogP contribution is -2.05. The van der Waals surface area contributed by atoms with Crippen LogP contribution in [0, 0.1) is 12.7 Å². The van der Waals surface area contributed by atoms with Crippen molar-refractivity contribution in [3.8, 4) is 28.8 Å². The normalized spacial score (nSPS) is 11.7. The minimum absolute atomic E-state index is 0.0708. The summed E-state index contributed by atoms with van der Waals surface area (Å²) in [5, 5.41) is 0. The summed E-state index contributed by atoms with van der Waals surface area (Å²) in [6.45, 7) is 1.60. The number of H-pyrrole nitrogens is 1. The van der Waals surface area contributed by atoms with Crippen LogP contribution in [0.5, 0.6) is 17.4 Å². The number of benzene rings is 2. The molecule has 30 heavy (non-hydrogen) atoms. The Morgan fingerprint density at radius 1 is 1.00 bits per heavy atom. The monoisotopic (exact) mass is 417 g/mol. The molecule has 0 spiro atoms. The average Bonchev–Trinajstić information content (AvgIpc) is 3.12. The van der Waals surface area contributed by atoms with E-state index in [-0.39, 0.29) is 11.5 Å². The largest absolute Gasteiger partial charge is 0.481 e. The molecule has 0 radical (unpaired) electrons. The third-order valence-corrected chi connectivity index (χ3v) is 4.47. The molecule has 0 fully saturated rings. The number of aromatic amines is 1. The van der Waals surface area contributed by atoms with Gasteiger partial charge in [-0.2, -0.15) is 13.2 Å². The van der Waals surface area contributed by atoms with Gasteiger partial charge in [0.1, 0.15) is 28.7 Å². The van der Waals surface area contributed by atoms with Crippen molar-refractivity contribution in [2.24, 2.45) is 0 Å². The van der Waals surface area contributed by atoms with Gasteiger partial charge in [0.2, 0.25) is 5.88 Å². The van der Waals surface area contributed by atoms with Crippen molar-refractivity contribution in [1.82, 2.24) is 15.0 Å². The summed E-state index contributed by atoms with van der Waals surface area (Å²) in [4.78, 5) is 11.5. The van der Waals surface area contributed by atoms with Crippen LogP contribution < -0.4 is 9.47 Å². The van der Waals surface area contributed by atoms with Crippen molar-refractivity contribution in [2.75, 3.05) is 7.11 Å². The Balaban J connectivity index is 1.84. The standard InChI is InChI=1S/C21H15F4N3O2/c1-11-7-13(22)4-6-17(11)30-18-8-12(21(23,24)25)3-5-14(18)20-27-15-9-19(29-2)26-10-16(15)28-20/h3-10H,1-2H3,(H,27,28). The number of alkyl halides is 3. The summed E-state index contributed by atoms with van der Waals surface area (Å²) in [5.41, 5.74) is 0.981. The molecule has 5 nitrogen and oxygen atoms in total. The predicted octanol–water partition coefficient (Wildman–Crippen LogP) is 5.89. The van der Waals surface area contributed by atoms with Gasteiger partial charge in [0, 0.05) is 6.07 Å². The zero-order valence-corrected chi connectivity index (χ0v) is 15.8. The van der Waals surface area contributed by atoms with E-state index in [0.29, 0.717) is 33.9 Å². The summed E-state index contributed by atoms with van der Waals surface area (Å²) in [6, 6.07) is 8.52. The molecule has 2 aromatic heterocycles. The van der Waals surface area contributed by atoms with Crippen molar-refractivity contribution in [1.29, 1.82) is 0 Å². The first-order valence-corrected chi connectivity index (χ1v) is 8.80. The number of nitrogens with zero attached hydrogens (tertiary/aromatic N) is 2. The minimum Gasteiger partial charge on any atom is -0.481 e. The molecule has 4 aromatic rings. The van der Waals surface area contributed by atoms with Crippen molar-refractivity contribution in [3.05, 3.63) is 65.6 Å². The number of ether oxygens (including phenoxy) is 2. The van der Waals surface area contributed by atoms with Gasteiger partial charge >= 0.3 is 6.18 Å². The number of methoxy groups -OCH3 is 1. The number of hydrogen-bond donors (Lipinski definition) is 1. The van der Waals surface area contributed by atoms with E-state index >= 15 is 0 Å². The Morgan fingerprint density at radius 3 is 2.50 bits per heavy atom. The Bertz CT molecular complexity index is 1230. The second-order valence-electron chi connectivity index (χ2n) is 6.55. The van der Waals surface area contributed by atoms with E-state index in [2.05, 4.69) is 15.0 Å². The quantitative estimate of drug-likeness (QED) is 0.421. The van der Waals surface area contributed by atoms with Gasteiger partial charge in [-0.3, -0.25) is 0 Å². The maximum Gasteiger partial charge on any atom is 0.416 e. The van der Waals surface area contributed by atoms with Crippen molar-refractivity contribution < 1.29 is 27.0 Å². The molecule has 0 atom stereocenters. The molecule has 0 saturated heterocycles. The first kappa shape index (κ1) is 19.7. The van der Waals surface area contributed by atoms with Crippen LogP contribution in [-0.4, -0.2) is 22.1 Å². The van der Waals surface area contributed by atoms with Gasteiger partial charge in [-0.15, -0.1) is 0 Å². The van der Waals surface area contributed by atoms with Crippen LogP contribution in [0.2, 0.25) is 0 Å². The second kappa shape index (κ2) is 7.33. The van der Waals surface area contributed by atoms with Gasteiger partial charge in [-0.25, -0.2) is 14.4 Å². The topological polar surface area (TPSA) is 60.0 Å². The number of pyridine rings is 1. The molecule has 4 rings (SSSR count). The zero-order chi connectivity index (χ0) is 21.5. The van der Waals surface area contributed by atoms with Crippen LogP contribution in [0.25, 0.3) is 22.4 Å². The van der Waals surface area contributed by atoms with Crippen LogP contribution in [0.4, 0.5) is 17.6 Å². The van der Waals surface area contributed by atoms with Gasteiger partial charge in [-0.1, -0.05) is 0 Å². The molecule has 1 N–H and O–H groups in total. The fourth-order valence-electron chi connectivity index (χ4n) is 2.96. The van der Waals surface area contributed by atoms with Gasteiger partial charge < -0.3 is 14.5 Å². The van der Waals surface area contributed by atoms with Gasteiger partial charge in [0.15, 0.2) is 0 Å². The van der Waals surface area contributed by atoms with Crippen LogP contribution in [0.3, 0.4) is 0 Å². The van der Waals surface area contributed by atoms with E-state index in [9.17, 15) is 17.6 Å². The Labute approximate surface area is 168 Å². The maximum absolute atomic E-state index is 13.4. The SMILES string of the molecule is COc1cc2[nH]c(-c3ccc(C(F)(F)F)cc3Oc3ccc(F)cc3C)nc2cn1. The summed E-state index contributed by atoms with van der Waals surface area (Å²) in [5.74, 6) is 0.352. The molecule has 0 unspecified atom stereocenters. The number of aryl methyl sites for hydroxylation is 1. The number of rotatable bonds is 4. The molecule has 0 bridgehead atoms. The van der Waals surface area contributed by atoms with Crippen molar-refractivity contribution >= 4 is 11.0 Å². The molecule has 154 valence electrons. The lowest BCUT2D eigenvalue weighted by molar-refractivity contribution is -0.137. The average molecular weight is 417 g/mol. The van der Waals surface area contributed by atoms with Crippen LogP contribution in [0.1, 0.15) is 11.1 Å². The highest BCUT2D eigenvalue weighted by atomic mass is 19.4. The number of nitrogens with one attached hydrogen (secondary N) is 1. The highest BCUT2D eigenvalue weighted by Crippen LogP contribution is 2.39. The number of halogens is 4. The van der Waals surface area contributed by atoms with E-state index in [1.54, 1.807) is 13.0 Å². The van der Waals surface area contributed by atoms with E-state index in [0.717, 1.165) is 12.1 Å². The fourth-order valence-corrected chi connectivity index (χ4v) is 2.96. The lowest BCUT2D eigenvalue weighted by Gasteiger charge is -2.15. The van der Waals surface area contributed by atoms with E-state index in [1.807, 2.05) is 0 Å². The van der Waals surface area contributed by atoms with Gasteiger partial charge in [0.25, 0.3) is 0 Å². The third-order valence-electron chi connectivity index (χ3n) is 4.47. The summed E-state index contributed by atoms with van der Waals surface area (Å²) in [6.07, 6.45) is -3.07. The van der Waals surface area contributed by atoms with Crippen LogP contribution in [0.15, 0.2) is 48.7 Å². The number of hydrogen-bond acceptors (Lipinski definition) is 4. The Hall–Kier alpha value is -3.62. The summed E-state index contributed by atoms with van der Waals surface area (Å²) in [7, 11) is 1.47. The zero-order valence-electron chi connectivity index (χ0n) is 15.8. The highest BCUT2D eigenvalue weighted by Gasteiger charge is 2.32. The lowest BCUT2D eigenvalue weighted by atomic mass is 10.1. The smallest absolute Gasteiger partial charge is 0.416 e. The van der Waals surface area contributed by atoms with Crippen LogP contribution in [-0.2, 0) is 6.18 Å². The Morgan fingerprint density at radius 2 is 1.80 bits per heavy atom. The number of fused-ring (bicyclic) bond motifs is 1. The second-order valence-corrected chi connectivity index (χ2v) is 6.55. The van der Waals surface area contributed by atoms with E-state index in [4.69, 9.17) is 9.47 Å². The minimum atomic E-state index is -4.56. The fraction of sp³-hybridized carbons (Fsp3) is 0.143. The molecular formula is C21H15F4N3O2. The van der Waals surface area contributed by atoms with Crippen LogP contribution >= 0.6 is 0 Å².